The minimum atomic E-state index is -0.305. The second kappa shape index (κ2) is 7.74. The summed E-state index contributed by atoms with van der Waals surface area (Å²) in [6, 6.07) is 15.9. The van der Waals surface area contributed by atoms with Gasteiger partial charge in [-0.05, 0) is 51.0 Å². The lowest BCUT2D eigenvalue weighted by Gasteiger charge is -2.15. The number of para-hydroxylation sites is 2. The van der Waals surface area contributed by atoms with Gasteiger partial charge in [0.25, 0.3) is 0 Å². The molecule has 0 radical (unpaired) electrons. The molecule has 0 saturated carbocycles. The van der Waals surface area contributed by atoms with Gasteiger partial charge in [0.2, 0.25) is 5.91 Å². The van der Waals surface area contributed by atoms with E-state index in [1.54, 1.807) is 0 Å². The zero-order valence-corrected chi connectivity index (χ0v) is 16.2. The van der Waals surface area contributed by atoms with E-state index in [-0.39, 0.29) is 11.2 Å². The fourth-order valence-corrected chi connectivity index (χ4v) is 3.65. The Bertz CT molecular complexity index is 901. The topological polar surface area (TPSA) is 59.8 Å². The van der Waals surface area contributed by atoms with Crippen molar-refractivity contribution in [3.63, 3.8) is 0 Å². The standard InChI is InChI=1S/C20H22N4OS/c1-13-9-8-10-14(2)18(13)21-19(25)15(3)26-20-23-22-16(4)24(20)17-11-6-5-7-12-17/h5-12,15H,1-4H3,(H,21,25)/t15-/m0/s1. The zero-order chi connectivity index (χ0) is 18.7. The zero-order valence-electron chi connectivity index (χ0n) is 15.4. The van der Waals surface area contributed by atoms with E-state index in [1.807, 2.05) is 80.8 Å². The molecule has 1 aromatic heterocycles. The van der Waals surface area contributed by atoms with Gasteiger partial charge in [-0.1, -0.05) is 48.2 Å². The fraction of sp³-hybridized carbons (Fsp3) is 0.250. The summed E-state index contributed by atoms with van der Waals surface area (Å²) in [6.45, 7) is 7.78. The molecule has 0 spiro atoms. The number of thioether (sulfide) groups is 1. The first-order valence-corrected chi connectivity index (χ1v) is 9.36. The molecule has 2 aromatic carbocycles. The normalized spacial score (nSPS) is 12.0. The Labute approximate surface area is 157 Å². The minimum Gasteiger partial charge on any atom is -0.325 e. The number of benzene rings is 2. The summed E-state index contributed by atoms with van der Waals surface area (Å²) in [5.74, 6) is 0.744. The molecule has 0 saturated heterocycles. The highest BCUT2D eigenvalue weighted by Crippen LogP contribution is 2.27. The number of nitrogens with zero attached hydrogens (tertiary/aromatic N) is 3. The van der Waals surface area contributed by atoms with Crippen LogP contribution in [0.5, 0.6) is 0 Å². The van der Waals surface area contributed by atoms with Gasteiger partial charge < -0.3 is 5.32 Å². The SMILES string of the molecule is Cc1cccc(C)c1NC(=O)[C@H](C)Sc1nnc(C)n1-c1ccccc1. The molecular weight excluding hydrogens is 344 g/mol. The Kier molecular flexibility index (Phi) is 5.42. The fourth-order valence-electron chi connectivity index (χ4n) is 2.74. The number of aromatic nitrogens is 3. The van der Waals surface area contributed by atoms with Crippen molar-refractivity contribution in [2.24, 2.45) is 0 Å². The molecule has 134 valence electrons. The molecule has 1 atom stereocenters. The van der Waals surface area contributed by atoms with Crippen LogP contribution in [0.1, 0.15) is 23.9 Å². The van der Waals surface area contributed by atoms with Crippen molar-refractivity contribution in [3.05, 3.63) is 65.5 Å². The summed E-state index contributed by atoms with van der Waals surface area (Å²) >= 11 is 1.40. The molecule has 6 heteroatoms. The van der Waals surface area contributed by atoms with Gasteiger partial charge >= 0.3 is 0 Å². The first-order chi connectivity index (χ1) is 12.5. The summed E-state index contributed by atoms with van der Waals surface area (Å²) < 4.78 is 1.97. The molecular formula is C20H22N4OS. The number of nitrogens with one attached hydrogen (secondary N) is 1. The first kappa shape index (κ1) is 18.2. The molecule has 1 amide bonds. The predicted octanol–water partition coefficient (Wildman–Crippen LogP) is 4.31. The maximum atomic E-state index is 12.7. The van der Waals surface area contributed by atoms with Gasteiger partial charge in [-0.25, -0.2) is 0 Å². The number of hydrogen-bond donors (Lipinski definition) is 1. The average Bonchev–Trinajstić information content (AvgIpc) is 2.99. The third-order valence-electron chi connectivity index (χ3n) is 4.19. The quantitative estimate of drug-likeness (QED) is 0.684. The van der Waals surface area contributed by atoms with E-state index in [9.17, 15) is 4.79 Å². The van der Waals surface area contributed by atoms with Gasteiger partial charge in [-0.2, -0.15) is 0 Å². The molecule has 0 fully saturated rings. The summed E-state index contributed by atoms with van der Waals surface area (Å²) in [4.78, 5) is 12.7. The van der Waals surface area contributed by atoms with Gasteiger partial charge in [0, 0.05) is 11.4 Å². The van der Waals surface area contributed by atoms with E-state index in [0.717, 1.165) is 28.3 Å². The summed E-state index contributed by atoms with van der Waals surface area (Å²) in [5, 5.41) is 11.9. The van der Waals surface area contributed by atoms with Crippen LogP contribution in [0.4, 0.5) is 5.69 Å². The van der Waals surface area contributed by atoms with E-state index >= 15 is 0 Å². The van der Waals surface area contributed by atoms with Crippen LogP contribution in [-0.2, 0) is 4.79 Å². The lowest BCUT2D eigenvalue weighted by Crippen LogP contribution is -2.23. The summed E-state index contributed by atoms with van der Waals surface area (Å²) in [6.07, 6.45) is 0. The van der Waals surface area contributed by atoms with Crippen LogP contribution in [0.2, 0.25) is 0 Å². The van der Waals surface area contributed by atoms with E-state index in [1.165, 1.54) is 11.8 Å². The number of aryl methyl sites for hydroxylation is 3. The van der Waals surface area contributed by atoms with E-state index in [2.05, 4.69) is 15.5 Å². The number of rotatable bonds is 5. The molecule has 26 heavy (non-hydrogen) atoms. The molecule has 5 nitrogen and oxygen atoms in total. The predicted molar refractivity (Wildman–Crippen MR) is 106 cm³/mol. The molecule has 1 heterocycles. The van der Waals surface area contributed by atoms with Gasteiger partial charge in [0.05, 0.1) is 5.25 Å². The molecule has 0 bridgehead atoms. The van der Waals surface area contributed by atoms with Gasteiger partial charge in [-0.15, -0.1) is 10.2 Å². The van der Waals surface area contributed by atoms with Crippen LogP contribution in [0.3, 0.4) is 0 Å². The van der Waals surface area contributed by atoms with Crippen LogP contribution < -0.4 is 5.32 Å². The van der Waals surface area contributed by atoms with Crippen molar-refractivity contribution < 1.29 is 4.79 Å². The lowest BCUT2D eigenvalue weighted by molar-refractivity contribution is -0.115. The maximum absolute atomic E-state index is 12.7. The Morgan fingerprint density at radius 2 is 1.65 bits per heavy atom. The highest BCUT2D eigenvalue weighted by molar-refractivity contribution is 8.00. The van der Waals surface area contributed by atoms with Crippen LogP contribution in [0.15, 0.2) is 53.7 Å². The van der Waals surface area contributed by atoms with Crippen molar-refractivity contribution in [1.29, 1.82) is 0 Å². The third-order valence-corrected chi connectivity index (χ3v) is 5.23. The largest absolute Gasteiger partial charge is 0.325 e. The average molecular weight is 366 g/mol. The molecule has 3 aromatic rings. The molecule has 1 N–H and O–H groups in total. The second-order valence-electron chi connectivity index (χ2n) is 6.22. The third kappa shape index (κ3) is 3.80. The highest BCUT2D eigenvalue weighted by atomic mass is 32.2. The van der Waals surface area contributed by atoms with Gasteiger partial charge in [0.15, 0.2) is 5.16 Å². The van der Waals surface area contributed by atoms with Crippen LogP contribution in [0, 0.1) is 20.8 Å². The van der Waals surface area contributed by atoms with Crippen LogP contribution in [-0.4, -0.2) is 25.9 Å². The van der Waals surface area contributed by atoms with Crippen LogP contribution in [0.25, 0.3) is 5.69 Å². The maximum Gasteiger partial charge on any atom is 0.237 e. The Morgan fingerprint density at radius 3 is 2.31 bits per heavy atom. The van der Waals surface area contributed by atoms with Crippen molar-refractivity contribution in [2.75, 3.05) is 5.32 Å². The molecule has 3 rings (SSSR count). The van der Waals surface area contributed by atoms with E-state index in [4.69, 9.17) is 0 Å². The van der Waals surface area contributed by atoms with Crippen molar-refractivity contribution in [3.8, 4) is 5.69 Å². The lowest BCUT2D eigenvalue weighted by atomic mass is 10.1. The van der Waals surface area contributed by atoms with E-state index in [0.29, 0.717) is 5.16 Å². The summed E-state index contributed by atoms with van der Waals surface area (Å²) in [5.41, 5.74) is 3.98. The van der Waals surface area contributed by atoms with Crippen LogP contribution >= 0.6 is 11.8 Å². The Hall–Kier alpha value is -2.60. The monoisotopic (exact) mass is 366 g/mol. The number of carbonyl (C=O) groups excluding carboxylic acids is 1. The van der Waals surface area contributed by atoms with Crippen molar-refractivity contribution in [2.45, 2.75) is 38.1 Å². The Balaban J connectivity index is 1.79. The smallest absolute Gasteiger partial charge is 0.237 e. The Morgan fingerprint density at radius 1 is 1.00 bits per heavy atom. The number of amides is 1. The first-order valence-electron chi connectivity index (χ1n) is 8.48. The van der Waals surface area contributed by atoms with Crippen molar-refractivity contribution >= 4 is 23.4 Å². The minimum absolute atomic E-state index is 0.0485. The summed E-state index contributed by atoms with van der Waals surface area (Å²) in [7, 11) is 0. The number of carbonyl (C=O) groups is 1. The molecule has 0 aliphatic rings. The number of hydrogen-bond acceptors (Lipinski definition) is 4. The van der Waals surface area contributed by atoms with Crippen molar-refractivity contribution in [1.82, 2.24) is 14.8 Å². The number of anilines is 1. The highest BCUT2D eigenvalue weighted by Gasteiger charge is 2.20. The van der Waals surface area contributed by atoms with E-state index < -0.39 is 0 Å². The molecule has 0 aliphatic carbocycles. The van der Waals surface area contributed by atoms with Gasteiger partial charge in [0.1, 0.15) is 5.82 Å². The second-order valence-corrected chi connectivity index (χ2v) is 7.52. The molecule has 0 aliphatic heterocycles. The van der Waals surface area contributed by atoms with Gasteiger partial charge in [-0.3, -0.25) is 9.36 Å². The molecule has 0 unspecified atom stereocenters.